The van der Waals surface area contributed by atoms with Crippen LogP contribution >= 0.6 is 0 Å². The highest BCUT2D eigenvalue weighted by Gasteiger charge is 2.29. The van der Waals surface area contributed by atoms with E-state index in [2.05, 4.69) is 107 Å². The van der Waals surface area contributed by atoms with Crippen molar-refractivity contribution in [1.29, 1.82) is 0 Å². The first-order valence-electron chi connectivity index (χ1n) is 9.88. The quantitative estimate of drug-likeness (QED) is 0.552. The zero-order valence-corrected chi connectivity index (χ0v) is 17.8. The highest BCUT2D eigenvalue weighted by Crippen LogP contribution is 2.38. The normalized spacial score (nSPS) is 16.4. The summed E-state index contributed by atoms with van der Waals surface area (Å²) in [5.74, 6) is 0. The van der Waals surface area contributed by atoms with Crippen LogP contribution in [0.5, 0.6) is 0 Å². The molecule has 0 N–H and O–H groups in total. The Kier molecular flexibility index (Phi) is 5.03. The van der Waals surface area contributed by atoms with Gasteiger partial charge in [0, 0.05) is 24.0 Å². The fraction of sp³-hybridized carbons (Fsp3) is 0.400. The second kappa shape index (κ2) is 6.99. The molecule has 2 nitrogen and oxygen atoms in total. The summed E-state index contributed by atoms with van der Waals surface area (Å²) in [5.41, 5.74) is 7.64. The highest BCUT2D eigenvalue weighted by atomic mass is 15.2. The topological polar surface area (TPSA) is 15.6 Å². The molecular weight excluding hydrogens is 328 g/mol. The lowest BCUT2D eigenvalue weighted by Gasteiger charge is -2.42. The predicted molar refractivity (Wildman–Crippen MR) is 120 cm³/mol. The first kappa shape index (κ1) is 19.4. The van der Waals surface area contributed by atoms with E-state index in [1.54, 1.807) is 0 Å². The molecule has 3 rings (SSSR count). The van der Waals surface area contributed by atoms with Gasteiger partial charge in [0.1, 0.15) is 0 Å². The van der Waals surface area contributed by atoms with Gasteiger partial charge in [-0.3, -0.25) is 4.99 Å². The van der Waals surface area contributed by atoms with Crippen molar-refractivity contribution < 1.29 is 0 Å². The molecule has 1 aliphatic heterocycles. The van der Waals surface area contributed by atoms with Crippen LogP contribution in [0.1, 0.15) is 65.2 Å². The molecule has 27 heavy (non-hydrogen) atoms. The van der Waals surface area contributed by atoms with Crippen molar-refractivity contribution in [3.05, 3.63) is 65.2 Å². The zero-order chi connectivity index (χ0) is 19.8. The predicted octanol–water partition coefficient (Wildman–Crippen LogP) is 6.76. The molecule has 142 valence electrons. The summed E-state index contributed by atoms with van der Waals surface area (Å²) in [4.78, 5) is 7.14. The van der Waals surface area contributed by atoms with Crippen molar-refractivity contribution in [2.75, 3.05) is 11.4 Å². The second-order valence-corrected chi connectivity index (χ2v) is 9.06. The molecule has 0 aliphatic carbocycles. The largest absolute Gasteiger partial charge is 0.363 e. The number of likely N-dealkylation sites (N-methyl/N-ethyl adjacent to an activating group) is 1. The molecule has 0 aromatic heterocycles. The van der Waals surface area contributed by atoms with Gasteiger partial charge in [-0.25, -0.2) is 0 Å². The Balaban J connectivity index is 1.88. The van der Waals surface area contributed by atoms with Crippen LogP contribution in [0, 0.1) is 0 Å². The minimum Gasteiger partial charge on any atom is -0.363 e. The Morgan fingerprint density at radius 3 is 2.30 bits per heavy atom. The molecule has 0 spiro atoms. The lowest BCUT2D eigenvalue weighted by molar-refractivity contribution is 0.566. The van der Waals surface area contributed by atoms with Crippen molar-refractivity contribution in [1.82, 2.24) is 0 Å². The number of fused-ring (bicyclic) bond motifs is 1. The van der Waals surface area contributed by atoms with Crippen molar-refractivity contribution in [2.24, 2.45) is 4.99 Å². The van der Waals surface area contributed by atoms with E-state index >= 15 is 0 Å². The van der Waals surface area contributed by atoms with E-state index in [4.69, 9.17) is 0 Å². The Morgan fingerprint density at radius 2 is 1.70 bits per heavy atom. The zero-order valence-electron chi connectivity index (χ0n) is 17.8. The monoisotopic (exact) mass is 360 g/mol. The Bertz CT molecular complexity index is 878. The molecule has 0 saturated heterocycles. The fourth-order valence-corrected chi connectivity index (χ4v) is 3.96. The van der Waals surface area contributed by atoms with Gasteiger partial charge in [0.25, 0.3) is 0 Å². The SMILES string of the molecule is CCN1c2ccc(C=Nc3ccc(C(C)(C)C)cc3)cc2C(C)=CC1(C)C. The lowest BCUT2D eigenvalue weighted by atomic mass is 9.87. The molecule has 0 bridgehead atoms. The summed E-state index contributed by atoms with van der Waals surface area (Å²) in [5, 5.41) is 0. The van der Waals surface area contributed by atoms with Crippen LogP contribution in [0.3, 0.4) is 0 Å². The van der Waals surface area contributed by atoms with Gasteiger partial charge >= 0.3 is 0 Å². The van der Waals surface area contributed by atoms with Crippen molar-refractivity contribution in [2.45, 2.75) is 59.4 Å². The number of nitrogens with zero attached hydrogens (tertiary/aromatic N) is 2. The maximum Gasteiger partial charge on any atom is 0.0630 e. The van der Waals surface area contributed by atoms with Crippen LogP contribution in [0.15, 0.2) is 53.5 Å². The van der Waals surface area contributed by atoms with Gasteiger partial charge in [0.15, 0.2) is 0 Å². The first-order valence-corrected chi connectivity index (χ1v) is 9.88. The molecule has 0 unspecified atom stereocenters. The molecule has 1 aliphatic rings. The van der Waals surface area contributed by atoms with Crippen LogP contribution in [0.25, 0.3) is 5.57 Å². The third-order valence-electron chi connectivity index (χ3n) is 5.41. The van der Waals surface area contributed by atoms with E-state index in [1.165, 1.54) is 22.4 Å². The summed E-state index contributed by atoms with van der Waals surface area (Å²) in [7, 11) is 0. The minimum absolute atomic E-state index is 0.0518. The van der Waals surface area contributed by atoms with Gasteiger partial charge in [-0.15, -0.1) is 0 Å². The Labute approximate surface area is 164 Å². The van der Waals surface area contributed by atoms with Crippen LogP contribution in [0.4, 0.5) is 11.4 Å². The summed E-state index contributed by atoms with van der Waals surface area (Å²) < 4.78 is 0. The van der Waals surface area contributed by atoms with Crippen LogP contribution in [-0.2, 0) is 5.41 Å². The number of hydrogen-bond donors (Lipinski definition) is 0. The maximum atomic E-state index is 4.68. The van der Waals surface area contributed by atoms with Gasteiger partial charge in [0.2, 0.25) is 0 Å². The van der Waals surface area contributed by atoms with E-state index in [9.17, 15) is 0 Å². The number of aliphatic imine (C=N–C) groups is 1. The van der Waals surface area contributed by atoms with Gasteiger partial charge < -0.3 is 4.90 Å². The molecule has 0 saturated carbocycles. The van der Waals surface area contributed by atoms with Crippen molar-refractivity contribution in [3.8, 4) is 0 Å². The molecule has 2 aromatic carbocycles. The average molecular weight is 361 g/mol. The number of benzene rings is 2. The smallest absolute Gasteiger partial charge is 0.0630 e. The summed E-state index contributed by atoms with van der Waals surface area (Å²) in [6.07, 6.45) is 4.33. The summed E-state index contributed by atoms with van der Waals surface area (Å²) in [6, 6.07) is 15.2. The minimum atomic E-state index is 0.0518. The Morgan fingerprint density at radius 1 is 1.04 bits per heavy atom. The van der Waals surface area contributed by atoms with Crippen LogP contribution < -0.4 is 4.90 Å². The van der Waals surface area contributed by atoms with E-state index in [-0.39, 0.29) is 11.0 Å². The number of rotatable bonds is 3. The van der Waals surface area contributed by atoms with Crippen LogP contribution in [-0.4, -0.2) is 18.3 Å². The van der Waals surface area contributed by atoms with Crippen LogP contribution in [0.2, 0.25) is 0 Å². The van der Waals surface area contributed by atoms with Gasteiger partial charge in [0.05, 0.1) is 11.2 Å². The summed E-state index contributed by atoms with van der Waals surface area (Å²) >= 11 is 0. The number of anilines is 1. The molecule has 0 atom stereocenters. The number of allylic oxidation sites excluding steroid dienone is 1. The molecule has 0 fully saturated rings. The van der Waals surface area contributed by atoms with E-state index in [1.807, 2.05) is 6.21 Å². The fourth-order valence-electron chi connectivity index (χ4n) is 3.96. The Hall–Kier alpha value is -2.35. The third kappa shape index (κ3) is 4.00. The van der Waals surface area contributed by atoms with E-state index in [0.29, 0.717) is 0 Å². The summed E-state index contributed by atoms with van der Waals surface area (Å²) in [6.45, 7) is 16.7. The van der Waals surface area contributed by atoms with Gasteiger partial charge in [-0.2, -0.15) is 0 Å². The molecule has 2 heteroatoms. The van der Waals surface area contributed by atoms with Crippen molar-refractivity contribution in [3.63, 3.8) is 0 Å². The molecule has 2 aromatic rings. The molecular formula is C25H32N2. The van der Waals surface area contributed by atoms with Gasteiger partial charge in [-0.1, -0.05) is 45.0 Å². The first-order chi connectivity index (χ1) is 12.6. The molecule has 0 radical (unpaired) electrons. The standard InChI is InChI=1S/C25H32N2/c1-8-27-23-14-9-19(15-22(23)18(2)16-25(27,6)7)17-26-21-12-10-20(11-13-21)24(3,4)5/h9-17H,8H2,1-7H3. The average Bonchev–Trinajstić information content (AvgIpc) is 2.59. The van der Waals surface area contributed by atoms with Gasteiger partial charge in [-0.05, 0) is 74.1 Å². The highest BCUT2D eigenvalue weighted by molar-refractivity contribution is 5.88. The second-order valence-electron chi connectivity index (χ2n) is 9.06. The third-order valence-corrected chi connectivity index (χ3v) is 5.41. The van der Waals surface area contributed by atoms with Crippen molar-refractivity contribution >= 4 is 23.2 Å². The molecule has 0 amide bonds. The lowest BCUT2D eigenvalue weighted by Crippen LogP contribution is -2.44. The molecule has 1 heterocycles. The van der Waals surface area contributed by atoms with E-state index < -0.39 is 0 Å². The number of hydrogen-bond acceptors (Lipinski definition) is 2. The maximum absolute atomic E-state index is 4.68. The van der Waals surface area contributed by atoms with E-state index in [0.717, 1.165) is 17.8 Å².